The zero-order chi connectivity index (χ0) is 18.7. The summed E-state index contributed by atoms with van der Waals surface area (Å²) in [7, 11) is -4.29. The molecular weight excluding hydrogens is 401 g/mol. The number of thiophene rings is 1. The highest BCUT2D eigenvalue weighted by Gasteiger charge is 2.34. The molecule has 2 aromatic rings. The first kappa shape index (κ1) is 19.7. The van der Waals surface area contributed by atoms with Crippen LogP contribution >= 0.6 is 22.9 Å². The van der Waals surface area contributed by atoms with Crippen molar-refractivity contribution < 1.29 is 26.4 Å². The Morgan fingerprint density at radius 2 is 1.96 bits per heavy atom. The molecule has 1 amide bonds. The summed E-state index contributed by atoms with van der Waals surface area (Å²) in [6.45, 7) is -0.366. The summed E-state index contributed by atoms with van der Waals surface area (Å²) in [5, 5.41) is 3.71. The molecule has 0 spiro atoms. The summed E-state index contributed by atoms with van der Waals surface area (Å²) < 4.78 is 64.5. The number of nitrogens with one attached hydrogen (secondary N) is 2. The van der Waals surface area contributed by atoms with Gasteiger partial charge in [-0.3, -0.25) is 4.79 Å². The third-order valence-corrected chi connectivity index (χ3v) is 5.62. The molecule has 0 saturated heterocycles. The Morgan fingerprint density at radius 1 is 1.24 bits per heavy atom. The Balaban J connectivity index is 2.02. The number of amides is 1. The molecule has 5 nitrogen and oxygen atoms in total. The van der Waals surface area contributed by atoms with E-state index in [1.165, 1.54) is 11.3 Å². The lowest BCUT2D eigenvalue weighted by atomic mass is 10.2. The smallest absolute Gasteiger partial charge is 0.350 e. The zero-order valence-electron chi connectivity index (χ0n) is 12.4. The van der Waals surface area contributed by atoms with Crippen LogP contribution in [-0.4, -0.2) is 20.9 Å². The predicted molar refractivity (Wildman–Crippen MR) is 87.8 cm³/mol. The fourth-order valence-electron chi connectivity index (χ4n) is 1.79. The van der Waals surface area contributed by atoms with Gasteiger partial charge in [0.05, 0.1) is 28.6 Å². The maximum atomic E-state index is 12.8. The highest BCUT2D eigenvalue weighted by atomic mass is 35.5. The fraction of sp³-hybridized carbons (Fsp3) is 0.214. The lowest BCUT2D eigenvalue weighted by molar-refractivity contribution is -0.137. The van der Waals surface area contributed by atoms with Crippen LogP contribution in [0.4, 0.5) is 13.2 Å². The summed E-state index contributed by atoms with van der Waals surface area (Å²) in [6.07, 6.45) is -4.79. The van der Waals surface area contributed by atoms with Crippen LogP contribution in [0.3, 0.4) is 0 Å². The van der Waals surface area contributed by atoms with Crippen LogP contribution in [0, 0.1) is 0 Å². The maximum absolute atomic E-state index is 12.8. The van der Waals surface area contributed by atoms with E-state index >= 15 is 0 Å². The van der Waals surface area contributed by atoms with E-state index in [9.17, 15) is 26.4 Å². The Hall–Kier alpha value is -1.62. The van der Waals surface area contributed by atoms with Crippen molar-refractivity contribution >= 4 is 38.9 Å². The number of halogens is 4. The molecule has 2 N–H and O–H groups in total. The van der Waals surface area contributed by atoms with Crippen molar-refractivity contribution in [3.8, 4) is 0 Å². The first-order valence-corrected chi connectivity index (χ1v) is 9.49. The second-order valence-corrected chi connectivity index (χ2v) is 8.03. The molecule has 25 heavy (non-hydrogen) atoms. The van der Waals surface area contributed by atoms with Gasteiger partial charge in [0.25, 0.3) is 0 Å². The third-order valence-electron chi connectivity index (χ3n) is 3.02. The highest BCUT2D eigenvalue weighted by Crippen LogP contribution is 2.35. The Kier molecular flexibility index (Phi) is 6.09. The fourth-order valence-corrected chi connectivity index (χ4v) is 3.67. The largest absolute Gasteiger partial charge is 0.417 e. The molecule has 0 radical (unpaired) electrons. The van der Waals surface area contributed by atoms with Crippen molar-refractivity contribution in [3.05, 3.63) is 51.2 Å². The number of hydrogen-bond acceptors (Lipinski definition) is 4. The molecule has 0 aliphatic rings. The molecule has 1 heterocycles. The van der Waals surface area contributed by atoms with Gasteiger partial charge in [0.15, 0.2) is 0 Å². The molecular formula is C14H12ClF3N2O3S2. The molecule has 1 aromatic heterocycles. The van der Waals surface area contributed by atoms with Crippen LogP contribution in [0.1, 0.15) is 10.4 Å². The van der Waals surface area contributed by atoms with Crippen molar-refractivity contribution in [2.45, 2.75) is 17.6 Å². The van der Waals surface area contributed by atoms with E-state index in [-0.39, 0.29) is 6.54 Å². The van der Waals surface area contributed by atoms with Crippen molar-refractivity contribution in [2.24, 2.45) is 0 Å². The van der Waals surface area contributed by atoms with E-state index in [0.29, 0.717) is 6.07 Å². The van der Waals surface area contributed by atoms with Crippen LogP contribution < -0.4 is 10.0 Å². The second kappa shape index (κ2) is 7.73. The number of alkyl halides is 3. The molecule has 1 aromatic carbocycles. The van der Waals surface area contributed by atoms with Crippen molar-refractivity contribution in [3.63, 3.8) is 0 Å². The first-order chi connectivity index (χ1) is 11.6. The molecule has 0 saturated carbocycles. The Bertz CT molecular complexity index is 853. The van der Waals surface area contributed by atoms with Crippen LogP contribution in [0.15, 0.2) is 40.6 Å². The SMILES string of the molecule is O=C(CNS(=O)(=O)c1ccc(Cl)c(C(F)(F)F)c1)NCc1cccs1. The van der Waals surface area contributed by atoms with Gasteiger partial charge in [0.2, 0.25) is 15.9 Å². The van der Waals surface area contributed by atoms with Gasteiger partial charge in [-0.1, -0.05) is 17.7 Å². The summed E-state index contributed by atoms with van der Waals surface area (Å²) in [5.41, 5.74) is -1.26. The van der Waals surface area contributed by atoms with Gasteiger partial charge in [0.1, 0.15) is 0 Å². The molecule has 0 atom stereocenters. The maximum Gasteiger partial charge on any atom is 0.417 e. The van der Waals surface area contributed by atoms with Gasteiger partial charge < -0.3 is 5.32 Å². The summed E-state index contributed by atoms with van der Waals surface area (Å²) >= 11 is 6.87. The Labute approximate surface area is 150 Å². The van der Waals surface area contributed by atoms with E-state index in [1.54, 1.807) is 12.1 Å². The summed E-state index contributed by atoms with van der Waals surface area (Å²) in [6, 6.07) is 5.79. The molecule has 0 aliphatic heterocycles. The van der Waals surface area contributed by atoms with E-state index < -0.39 is 44.1 Å². The van der Waals surface area contributed by atoms with Gasteiger partial charge in [-0.25, -0.2) is 13.1 Å². The quantitative estimate of drug-likeness (QED) is 0.765. The lowest BCUT2D eigenvalue weighted by Gasteiger charge is -2.12. The number of benzene rings is 1. The second-order valence-electron chi connectivity index (χ2n) is 4.82. The average molecular weight is 413 g/mol. The van der Waals surface area contributed by atoms with Crippen molar-refractivity contribution in [1.29, 1.82) is 0 Å². The standard InChI is InChI=1S/C14H12ClF3N2O3S2/c15-12-4-3-10(6-11(12)14(16,17)18)25(22,23)20-8-13(21)19-7-9-2-1-5-24-9/h1-6,20H,7-8H2,(H,19,21). The summed E-state index contributed by atoms with van der Waals surface area (Å²) in [4.78, 5) is 11.9. The third kappa shape index (κ3) is 5.43. The monoisotopic (exact) mass is 412 g/mol. The molecule has 0 fully saturated rings. The molecule has 0 bridgehead atoms. The minimum absolute atomic E-state index is 0.234. The van der Waals surface area contributed by atoms with E-state index in [2.05, 4.69) is 5.32 Å². The number of carbonyl (C=O) groups excluding carboxylic acids is 1. The van der Waals surface area contributed by atoms with Gasteiger partial charge >= 0.3 is 6.18 Å². The van der Waals surface area contributed by atoms with Crippen LogP contribution in [-0.2, 0) is 27.5 Å². The number of carbonyl (C=O) groups is 1. The van der Waals surface area contributed by atoms with Crippen LogP contribution in [0.25, 0.3) is 0 Å². The van der Waals surface area contributed by atoms with Crippen LogP contribution in [0.2, 0.25) is 5.02 Å². The zero-order valence-corrected chi connectivity index (χ0v) is 14.8. The average Bonchev–Trinajstić information content (AvgIpc) is 3.03. The highest BCUT2D eigenvalue weighted by molar-refractivity contribution is 7.89. The number of hydrogen-bond donors (Lipinski definition) is 2. The first-order valence-electron chi connectivity index (χ1n) is 6.75. The van der Waals surface area contributed by atoms with Gasteiger partial charge in [-0.15, -0.1) is 11.3 Å². The van der Waals surface area contributed by atoms with Crippen molar-refractivity contribution in [1.82, 2.24) is 10.0 Å². The minimum atomic E-state index is -4.79. The molecule has 0 unspecified atom stereocenters. The van der Waals surface area contributed by atoms with Gasteiger partial charge in [-0.2, -0.15) is 13.2 Å². The normalized spacial score (nSPS) is 12.2. The lowest BCUT2D eigenvalue weighted by Crippen LogP contribution is -2.36. The molecule has 11 heteroatoms. The van der Waals surface area contributed by atoms with Gasteiger partial charge in [-0.05, 0) is 29.6 Å². The van der Waals surface area contributed by atoms with E-state index in [1.807, 2.05) is 10.1 Å². The Morgan fingerprint density at radius 3 is 2.56 bits per heavy atom. The number of rotatable bonds is 6. The van der Waals surface area contributed by atoms with Gasteiger partial charge in [0, 0.05) is 4.88 Å². The predicted octanol–water partition coefficient (Wildman–Crippen LogP) is 3.02. The number of sulfonamides is 1. The van der Waals surface area contributed by atoms with Crippen molar-refractivity contribution in [2.75, 3.05) is 6.54 Å². The minimum Gasteiger partial charge on any atom is -0.350 e. The van der Waals surface area contributed by atoms with E-state index in [0.717, 1.165) is 17.0 Å². The summed E-state index contributed by atoms with van der Waals surface area (Å²) in [5.74, 6) is -0.609. The topological polar surface area (TPSA) is 75.3 Å². The molecule has 136 valence electrons. The van der Waals surface area contributed by atoms with E-state index in [4.69, 9.17) is 11.6 Å². The van der Waals surface area contributed by atoms with Crippen LogP contribution in [0.5, 0.6) is 0 Å². The molecule has 2 rings (SSSR count). The molecule has 0 aliphatic carbocycles.